The number of H-pyrrole nitrogens is 2. The largest absolute Gasteiger partial charge is 0.478 e. The van der Waals surface area contributed by atoms with Crippen molar-refractivity contribution in [1.29, 1.82) is 0 Å². The molecular formula is C7H7N3O2. The Morgan fingerprint density at radius 2 is 2.42 bits per heavy atom. The highest BCUT2D eigenvalue weighted by atomic mass is 16.4. The van der Waals surface area contributed by atoms with E-state index < -0.39 is 5.97 Å². The lowest BCUT2D eigenvalue weighted by Crippen LogP contribution is -1.93. The molecule has 0 fully saturated rings. The monoisotopic (exact) mass is 165 g/mol. The fourth-order valence-corrected chi connectivity index (χ4v) is 1.18. The first kappa shape index (κ1) is 6.90. The number of hydrogen-bond acceptors (Lipinski definition) is 2. The van der Waals surface area contributed by atoms with Gasteiger partial charge in [-0.05, 0) is 6.92 Å². The molecule has 2 aromatic rings. The van der Waals surface area contributed by atoms with Gasteiger partial charge in [0, 0.05) is 6.20 Å². The van der Waals surface area contributed by atoms with Crippen molar-refractivity contribution in [3.05, 3.63) is 17.5 Å². The SMILES string of the molecule is Cc1[nH]nc2c(C(=O)O)c[nH]c12. The first-order valence-corrected chi connectivity index (χ1v) is 3.45. The van der Waals surface area contributed by atoms with E-state index in [4.69, 9.17) is 5.11 Å². The van der Waals surface area contributed by atoms with Crippen LogP contribution in [-0.4, -0.2) is 26.3 Å². The van der Waals surface area contributed by atoms with E-state index in [0.717, 1.165) is 11.2 Å². The fraction of sp³-hybridized carbons (Fsp3) is 0.143. The van der Waals surface area contributed by atoms with E-state index in [-0.39, 0.29) is 5.56 Å². The van der Waals surface area contributed by atoms with E-state index in [1.165, 1.54) is 6.20 Å². The topological polar surface area (TPSA) is 81.8 Å². The Kier molecular flexibility index (Phi) is 1.21. The third-order valence-electron chi connectivity index (χ3n) is 1.79. The minimum absolute atomic E-state index is 0.203. The van der Waals surface area contributed by atoms with Crippen LogP contribution in [0.4, 0.5) is 0 Å². The molecule has 0 saturated heterocycles. The summed E-state index contributed by atoms with van der Waals surface area (Å²) in [4.78, 5) is 13.5. The number of fused-ring (bicyclic) bond motifs is 1. The van der Waals surface area contributed by atoms with Crippen LogP contribution in [0.15, 0.2) is 6.20 Å². The summed E-state index contributed by atoms with van der Waals surface area (Å²) in [7, 11) is 0. The van der Waals surface area contributed by atoms with E-state index >= 15 is 0 Å². The molecule has 2 rings (SSSR count). The lowest BCUT2D eigenvalue weighted by atomic mass is 10.3. The van der Waals surface area contributed by atoms with Crippen molar-refractivity contribution in [2.24, 2.45) is 0 Å². The Morgan fingerprint density at radius 1 is 1.67 bits per heavy atom. The standard InChI is InChI=1S/C7H7N3O2/c1-3-5-6(10-9-3)4(2-8-5)7(11)12/h2,8H,1H3,(H,9,10)(H,11,12). The quantitative estimate of drug-likeness (QED) is 0.587. The van der Waals surface area contributed by atoms with Gasteiger partial charge in [-0.25, -0.2) is 4.79 Å². The zero-order valence-electron chi connectivity index (χ0n) is 6.38. The maximum Gasteiger partial charge on any atom is 0.339 e. The summed E-state index contributed by atoms with van der Waals surface area (Å²) in [5, 5.41) is 15.3. The van der Waals surface area contributed by atoms with Crippen LogP contribution < -0.4 is 0 Å². The molecule has 0 atom stereocenters. The highest BCUT2D eigenvalue weighted by Gasteiger charge is 2.13. The number of aryl methyl sites for hydroxylation is 1. The van der Waals surface area contributed by atoms with Gasteiger partial charge < -0.3 is 10.1 Å². The number of rotatable bonds is 1. The summed E-state index contributed by atoms with van der Waals surface area (Å²) in [6.07, 6.45) is 1.45. The summed E-state index contributed by atoms with van der Waals surface area (Å²) in [6.45, 7) is 1.83. The van der Waals surface area contributed by atoms with Gasteiger partial charge in [-0.3, -0.25) is 5.10 Å². The van der Waals surface area contributed by atoms with Gasteiger partial charge in [0.1, 0.15) is 11.1 Å². The van der Waals surface area contributed by atoms with Gasteiger partial charge in [0.25, 0.3) is 0 Å². The average Bonchev–Trinajstić information content (AvgIpc) is 2.53. The number of hydrogen-bond donors (Lipinski definition) is 3. The second kappa shape index (κ2) is 2.10. The minimum Gasteiger partial charge on any atom is -0.478 e. The van der Waals surface area contributed by atoms with Crippen molar-refractivity contribution >= 4 is 17.0 Å². The number of aromatic nitrogens is 3. The molecule has 0 amide bonds. The van der Waals surface area contributed by atoms with Crippen LogP contribution >= 0.6 is 0 Å². The van der Waals surface area contributed by atoms with Gasteiger partial charge in [-0.1, -0.05) is 0 Å². The molecule has 0 radical (unpaired) electrons. The van der Waals surface area contributed by atoms with E-state index in [2.05, 4.69) is 15.2 Å². The Morgan fingerprint density at radius 3 is 3.08 bits per heavy atom. The minimum atomic E-state index is -0.965. The summed E-state index contributed by atoms with van der Waals surface area (Å²) in [5.41, 5.74) is 2.29. The number of nitrogens with zero attached hydrogens (tertiary/aromatic N) is 1. The Bertz CT molecular complexity index is 440. The zero-order chi connectivity index (χ0) is 8.72. The van der Waals surface area contributed by atoms with Gasteiger partial charge in [0.15, 0.2) is 0 Å². The highest BCUT2D eigenvalue weighted by molar-refractivity contribution is 6.01. The molecule has 62 valence electrons. The average molecular weight is 165 g/mol. The predicted molar refractivity (Wildman–Crippen MR) is 42.1 cm³/mol. The molecule has 0 saturated carbocycles. The van der Waals surface area contributed by atoms with Crippen molar-refractivity contribution in [1.82, 2.24) is 15.2 Å². The number of aromatic carboxylic acids is 1. The molecular weight excluding hydrogens is 158 g/mol. The molecule has 0 aliphatic rings. The van der Waals surface area contributed by atoms with Gasteiger partial charge in [-0.15, -0.1) is 0 Å². The highest BCUT2D eigenvalue weighted by Crippen LogP contribution is 2.17. The molecule has 12 heavy (non-hydrogen) atoms. The normalized spacial score (nSPS) is 10.8. The molecule has 5 nitrogen and oxygen atoms in total. The lowest BCUT2D eigenvalue weighted by Gasteiger charge is -1.82. The van der Waals surface area contributed by atoms with E-state index in [9.17, 15) is 4.79 Å². The number of carboxylic acid groups (broad SMARTS) is 1. The molecule has 5 heteroatoms. The summed E-state index contributed by atoms with van der Waals surface area (Å²) >= 11 is 0. The molecule has 0 bridgehead atoms. The number of aromatic amines is 2. The van der Waals surface area contributed by atoms with E-state index in [1.807, 2.05) is 6.92 Å². The number of carboxylic acids is 1. The Labute approximate surface area is 67.4 Å². The molecule has 3 N–H and O–H groups in total. The van der Waals surface area contributed by atoms with Gasteiger partial charge in [-0.2, -0.15) is 5.10 Å². The summed E-state index contributed by atoms with van der Waals surface area (Å²) in [5.74, 6) is -0.965. The maximum atomic E-state index is 10.6. The van der Waals surface area contributed by atoms with Gasteiger partial charge >= 0.3 is 5.97 Å². The van der Waals surface area contributed by atoms with Crippen LogP contribution in [0.3, 0.4) is 0 Å². The molecule has 2 heterocycles. The van der Waals surface area contributed by atoms with Crippen molar-refractivity contribution < 1.29 is 9.90 Å². The molecule has 0 spiro atoms. The van der Waals surface area contributed by atoms with Crippen LogP contribution in [0, 0.1) is 6.92 Å². The summed E-state index contributed by atoms with van der Waals surface area (Å²) in [6, 6.07) is 0. The molecule has 0 aromatic carbocycles. The lowest BCUT2D eigenvalue weighted by molar-refractivity contribution is 0.0699. The van der Waals surface area contributed by atoms with E-state index in [1.54, 1.807) is 0 Å². The molecule has 0 aliphatic carbocycles. The molecule has 0 unspecified atom stereocenters. The van der Waals surface area contributed by atoms with Gasteiger partial charge in [0.2, 0.25) is 0 Å². The summed E-state index contributed by atoms with van der Waals surface area (Å²) < 4.78 is 0. The fourth-order valence-electron chi connectivity index (χ4n) is 1.18. The maximum absolute atomic E-state index is 10.6. The zero-order valence-corrected chi connectivity index (χ0v) is 6.38. The second-order valence-electron chi connectivity index (χ2n) is 2.58. The smallest absolute Gasteiger partial charge is 0.339 e. The first-order valence-electron chi connectivity index (χ1n) is 3.45. The Hall–Kier alpha value is -1.78. The van der Waals surface area contributed by atoms with Crippen molar-refractivity contribution in [3.63, 3.8) is 0 Å². The van der Waals surface area contributed by atoms with Crippen LogP contribution in [0.25, 0.3) is 11.0 Å². The first-order chi connectivity index (χ1) is 5.70. The number of nitrogens with one attached hydrogen (secondary N) is 2. The van der Waals surface area contributed by atoms with Crippen molar-refractivity contribution in [2.45, 2.75) is 6.92 Å². The predicted octanol–water partition coefficient (Wildman–Crippen LogP) is 0.898. The number of carbonyl (C=O) groups is 1. The van der Waals surface area contributed by atoms with Crippen LogP contribution in [0.1, 0.15) is 16.1 Å². The molecule has 0 aliphatic heterocycles. The van der Waals surface area contributed by atoms with Gasteiger partial charge in [0.05, 0.1) is 11.2 Å². The third kappa shape index (κ3) is 0.730. The van der Waals surface area contributed by atoms with E-state index in [0.29, 0.717) is 5.52 Å². The van der Waals surface area contributed by atoms with Crippen molar-refractivity contribution in [2.75, 3.05) is 0 Å². The van der Waals surface area contributed by atoms with Crippen LogP contribution in [0.2, 0.25) is 0 Å². The van der Waals surface area contributed by atoms with Crippen LogP contribution in [0.5, 0.6) is 0 Å². The Balaban J connectivity index is 2.79. The van der Waals surface area contributed by atoms with Crippen molar-refractivity contribution in [3.8, 4) is 0 Å². The third-order valence-corrected chi connectivity index (χ3v) is 1.79. The molecule has 2 aromatic heterocycles. The second-order valence-corrected chi connectivity index (χ2v) is 2.58. The van der Waals surface area contributed by atoms with Crippen LogP contribution in [-0.2, 0) is 0 Å².